The number of nitrogens with one attached hydrogen (secondary N) is 1. The maximum Gasteiger partial charge on any atom is 0.573 e. The van der Waals surface area contributed by atoms with Gasteiger partial charge in [-0.15, -0.1) is 13.2 Å². The summed E-state index contributed by atoms with van der Waals surface area (Å²) in [6.07, 6.45) is -4.81. The van der Waals surface area contributed by atoms with Crippen molar-refractivity contribution in [3.05, 3.63) is 59.1 Å². The summed E-state index contributed by atoms with van der Waals surface area (Å²) < 4.78 is 45.5. The number of carbonyl (C=O) groups excluding carboxylic acids is 2. The van der Waals surface area contributed by atoms with Gasteiger partial charge in [-0.25, -0.2) is 9.80 Å². The van der Waals surface area contributed by atoms with Crippen LogP contribution < -0.4 is 10.1 Å². The van der Waals surface area contributed by atoms with Crippen LogP contribution >= 0.6 is 11.6 Å². The molecule has 1 aliphatic rings. The van der Waals surface area contributed by atoms with Crippen molar-refractivity contribution in [1.82, 2.24) is 5.01 Å². The van der Waals surface area contributed by atoms with Gasteiger partial charge in [0.05, 0.1) is 19.4 Å². The number of hydrogen-bond acceptors (Lipinski definition) is 5. The fourth-order valence-corrected chi connectivity index (χ4v) is 3.18. The first-order valence-electron chi connectivity index (χ1n) is 8.89. The molecule has 1 aliphatic heterocycles. The smallest absolute Gasteiger partial charge is 0.468 e. The molecule has 0 saturated carbocycles. The number of nitrogens with zero attached hydrogens (tertiary/aromatic N) is 2. The van der Waals surface area contributed by atoms with Gasteiger partial charge in [0, 0.05) is 10.7 Å². The van der Waals surface area contributed by atoms with Gasteiger partial charge in [-0.2, -0.15) is 5.10 Å². The lowest BCUT2D eigenvalue weighted by molar-refractivity contribution is -0.274. The fourth-order valence-electron chi connectivity index (χ4n) is 3.06. The largest absolute Gasteiger partial charge is 0.573 e. The Bertz CT molecular complexity index is 1010. The van der Waals surface area contributed by atoms with E-state index in [1.807, 2.05) is 0 Å². The van der Waals surface area contributed by atoms with Crippen LogP contribution in [-0.4, -0.2) is 42.7 Å². The van der Waals surface area contributed by atoms with Gasteiger partial charge in [0.25, 0.3) is 0 Å². The number of benzene rings is 2. The average Bonchev–Trinajstić information content (AvgIpc) is 3.07. The van der Waals surface area contributed by atoms with Crippen molar-refractivity contribution in [2.45, 2.75) is 13.3 Å². The maximum atomic E-state index is 12.7. The zero-order chi connectivity index (χ0) is 22.8. The number of rotatable bonds is 4. The summed E-state index contributed by atoms with van der Waals surface area (Å²) >= 11 is 5.92. The van der Waals surface area contributed by atoms with Crippen LogP contribution in [0.5, 0.6) is 5.75 Å². The molecule has 0 aliphatic carbocycles. The molecule has 0 aromatic heterocycles. The molecule has 3 rings (SSSR count). The van der Waals surface area contributed by atoms with Crippen LogP contribution in [0.1, 0.15) is 12.5 Å². The Morgan fingerprint density at radius 1 is 1.13 bits per heavy atom. The van der Waals surface area contributed by atoms with Crippen LogP contribution in [0.15, 0.2) is 53.6 Å². The van der Waals surface area contributed by atoms with E-state index in [0.717, 1.165) is 17.1 Å². The Morgan fingerprint density at radius 3 is 2.29 bits per heavy atom. The molecular formula is C20H17ClF3N3O4. The van der Waals surface area contributed by atoms with Gasteiger partial charge < -0.3 is 14.8 Å². The van der Waals surface area contributed by atoms with Gasteiger partial charge in [0.2, 0.25) is 0 Å². The molecule has 31 heavy (non-hydrogen) atoms. The molecule has 1 atom stereocenters. The number of anilines is 1. The van der Waals surface area contributed by atoms with Crippen molar-refractivity contribution in [2.75, 3.05) is 19.0 Å². The SMILES string of the molecule is COC(=O)[C@@]1(C)CN(C(=O)Nc2ccc(OC(F)(F)F)cc2)N=C1c1ccc(Cl)cc1. The lowest BCUT2D eigenvalue weighted by atomic mass is 9.82. The molecule has 2 amide bonds. The molecule has 0 fully saturated rings. The van der Waals surface area contributed by atoms with Crippen molar-refractivity contribution < 1.29 is 32.2 Å². The van der Waals surface area contributed by atoms with E-state index in [1.165, 1.54) is 19.2 Å². The predicted molar refractivity (Wildman–Crippen MR) is 107 cm³/mol. The average molecular weight is 456 g/mol. The Labute approximate surface area is 180 Å². The third-order valence-corrected chi connectivity index (χ3v) is 4.79. The summed E-state index contributed by atoms with van der Waals surface area (Å²) in [6.45, 7) is 1.50. The van der Waals surface area contributed by atoms with E-state index < -0.39 is 29.5 Å². The third-order valence-electron chi connectivity index (χ3n) is 4.54. The molecule has 0 spiro atoms. The number of hydrogen-bond donors (Lipinski definition) is 1. The summed E-state index contributed by atoms with van der Waals surface area (Å²) in [5.41, 5.74) is -0.111. The van der Waals surface area contributed by atoms with Gasteiger partial charge in [-0.05, 0) is 48.9 Å². The molecule has 0 unspecified atom stereocenters. The van der Waals surface area contributed by atoms with E-state index in [4.69, 9.17) is 16.3 Å². The van der Waals surface area contributed by atoms with Crippen LogP contribution in [0.4, 0.5) is 23.7 Å². The molecule has 0 bridgehead atoms. The minimum atomic E-state index is -4.81. The molecular weight excluding hydrogens is 439 g/mol. The second-order valence-electron chi connectivity index (χ2n) is 6.84. The monoisotopic (exact) mass is 455 g/mol. The Hall–Kier alpha value is -3.27. The van der Waals surface area contributed by atoms with Crippen molar-refractivity contribution >= 4 is 35.0 Å². The van der Waals surface area contributed by atoms with E-state index in [2.05, 4.69) is 15.2 Å². The van der Waals surface area contributed by atoms with Gasteiger partial charge in [-0.1, -0.05) is 23.7 Å². The summed E-state index contributed by atoms with van der Waals surface area (Å²) in [7, 11) is 1.24. The minimum Gasteiger partial charge on any atom is -0.468 e. The lowest BCUT2D eigenvalue weighted by Crippen LogP contribution is -2.42. The van der Waals surface area contributed by atoms with Crippen molar-refractivity contribution in [2.24, 2.45) is 10.5 Å². The summed E-state index contributed by atoms with van der Waals surface area (Å²) in [5, 5.41) is 8.36. The quantitative estimate of drug-likeness (QED) is 0.679. The lowest BCUT2D eigenvalue weighted by Gasteiger charge is -2.23. The third kappa shape index (κ3) is 5.08. The normalized spacial score (nSPS) is 18.4. The first-order valence-corrected chi connectivity index (χ1v) is 9.27. The number of esters is 1. The van der Waals surface area contributed by atoms with E-state index in [1.54, 1.807) is 31.2 Å². The van der Waals surface area contributed by atoms with E-state index >= 15 is 0 Å². The number of amides is 2. The highest BCUT2D eigenvalue weighted by Crippen LogP contribution is 2.33. The zero-order valence-corrected chi connectivity index (χ0v) is 17.1. The van der Waals surface area contributed by atoms with Crippen LogP contribution in [0.2, 0.25) is 5.02 Å². The number of hydrazone groups is 1. The highest BCUT2D eigenvalue weighted by Gasteiger charge is 2.48. The number of halogens is 4. The maximum absolute atomic E-state index is 12.7. The Kier molecular flexibility index (Phi) is 6.12. The van der Waals surface area contributed by atoms with Crippen molar-refractivity contribution in [3.8, 4) is 5.75 Å². The Morgan fingerprint density at radius 2 is 1.74 bits per heavy atom. The standard InChI is InChI=1S/C20H17ClF3N3O4/c1-19(17(28)30-2)11-27(26-16(19)12-3-5-13(21)6-4-12)18(29)25-14-7-9-15(10-8-14)31-20(22,23)24/h3-10H,11H2,1-2H3,(H,25,29)/t19-/m0/s1. The number of alkyl halides is 3. The van der Waals surface area contributed by atoms with Crippen molar-refractivity contribution in [1.29, 1.82) is 0 Å². The van der Waals surface area contributed by atoms with E-state index in [0.29, 0.717) is 16.3 Å². The Balaban J connectivity index is 1.81. The van der Waals surface area contributed by atoms with Crippen LogP contribution in [0.25, 0.3) is 0 Å². The molecule has 11 heteroatoms. The van der Waals surface area contributed by atoms with E-state index in [-0.39, 0.29) is 12.2 Å². The van der Waals surface area contributed by atoms with Crippen LogP contribution in [0, 0.1) is 5.41 Å². The molecule has 2 aromatic rings. The number of methoxy groups -OCH3 is 1. The van der Waals surface area contributed by atoms with E-state index in [9.17, 15) is 22.8 Å². The predicted octanol–water partition coefficient (Wildman–Crippen LogP) is 4.67. The van der Waals surface area contributed by atoms with Gasteiger partial charge in [0.15, 0.2) is 0 Å². The second-order valence-corrected chi connectivity index (χ2v) is 7.28. The van der Waals surface area contributed by atoms with Gasteiger partial charge >= 0.3 is 18.4 Å². The summed E-state index contributed by atoms with van der Waals surface area (Å²) in [6, 6.07) is 10.5. The number of ether oxygens (including phenoxy) is 2. The molecule has 7 nitrogen and oxygen atoms in total. The van der Waals surface area contributed by atoms with Gasteiger partial charge in [0.1, 0.15) is 11.2 Å². The molecule has 1 heterocycles. The first-order chi connectivity index (χ1) is 14.5. The molecule has 0 saturated heterocycles. The minimum absolute atomic E-state index is 0.0985. The van der Waals surface area contributed by atoms with Crippen LogP contribution in [0.3, 0.4) is 0 Å². The highest BCUT2D eigenvalue weighted by atomic mass is 35.5. The fraction of sp³-hybridized carbons (Fsp3) is 0.250. The molecule has 0 radical (unpaired) electrons. The van der Waals surface area contributed by atoms with Gasteiger partial charge in [-0.3, -0.25) is 4.79 Å². The van der Waals surface area contributed by atoms with Crippen molar-refractivity contribution in [3.63, 3.8) is 0 Å². The summed E-state index contributed by atoms with van der Waals surface area (Å²) in [5.74, 6) is -1.00. The first kappa shape index (κ1) is 22.4. The highest BCUT2D eigenvalue weighted by molar-refractivity contribution is 6.30. The number of urea groups is 1. The molecule has 164 valence electrons. The topological polar surface area (TPSA) is 80.2 Å². The zero-order valence-electron chi connectivity index (χ0n) is 16.4. The van der Waals surface area contributed by atoms with Crippen LogP contribution in [-0.2, 0) is 9.53 Å². The number of carbonyl (C=O) groups is 2. The summed E-state index contributed by atoms with van der Waals surface area (Å²) in [4.78, 5) is 25.2. The molecule has 1 N–H and O–H groups in total. The molecule has 2 aromatic carbocycles. The second kappa shape index (κ2) is 8.46.